The molecule has 1 heterocycles. The Labute approximate surface area is 118 Å². The largest absolute Gasteiger partial charge is 0.480 e. The fourth-order valence-electron chi connectivity index (χ4n) is 1.46. The molecule has 0 saturated heterocycles. The van der Waals surface area contributed by atoms with Crippen LogP contribution in [0.1, 0.15) is 5.69 Å². The summed E-state index contributed by atoms with van der Waals surface area (Å²) in [6, 6.07) is -1.01. The van der Waals surface area contributed by atoms with Crippen LogP contribution in [0.5, 0.6) is 0 Å². The molecule has 0 saturated carbocycles. The van der Waals surface area contributed by atoms with Crippen molar-refractivity contribution in [3.8, 4) is 0 Å². The van der Waals surface area contributed by atoms with Crippen LogP contribution in [0.15, 0.2) is 17.5 Å². The molecule has 0 bridgehead atoms. The Bertz CT molecular complexity index is 549. The summed E-state index contributed by atoms with van der Waals surface area (Å²) in [7, 11) is 0. The van der Waals surface area contributed by atoms with Gasteiger partial charge in [-0.05, 0) is 0 Å². The molecule has 1 aromatic rings. The quantitative estimate of drug-likeness (QED) is 0.320. The highest BCUT2D eigenvalue weighted by Gasteiger charge is 2.22. The van der Waals surface area contributed by atoms with Gasteiger partial charge >= 0.3 is 5.97 Å². The Hall–Kier alpha value is -3.00. The van der Waals surface area contributed by atoms with Crippen LogP contribution < -0.4 is 10.6 Å². The van der Waals surface area contributed by atoms with Crippen molar-refractivity contribution in [2.75, 3.05) is 13.1 Å². The molecule has 1 rings (SSSR count). The van der Waals surface area contributed by atoms with Crippen LogP contribution in [0.2, 0.25) is 0 Å². The molecule has 2 amide bonds. The maximum atomic E-state index is 11.9. The first-order valence-corrected chi connectivity index (χ1v) is 5.82. The van der Waals surface area contributed by atoms with Crippen molar-refractivity contribution in [3.63, 3.8) is 0 Å². The SMILES string of the molecule is O=C=NCC(=O)NC(Cc1cnc[nH]1)C(=O)NCC(=O)O. The second kappa shape index (κ2) is 8.23. The summed E-state index contributed by atoms with van der Waals surface area (Å²) in [5, 5.41) is 13.0. The van der Waals surface area contributed by atoms with Gasteiger partial charge in [0.15, 0.2) is 0 Å². The molecular formula is C11H13N5O5. The van der Waals surface area contributed by atoms with Crippen LogP contribution in [0.4, 0.5) is 0 Å². The number of isocyanates is 1. The van der Waals surface area contributed by atoms with Crippen molar-refractivity contribution < 1.29 is 24.3 Å². The highest BCUT2D eigenvalue weighted by molar-refractivity contribution is 5.90. The molecule has 21 heavy (non-hydrogen) atoms. The number of rotatable bonds is 8. The van der Waals surface area contributed by atoms with Crippen LogP contribution in [0.25, 0.3) is 0 Å². The van der Waals surface area contributed by atoms with Gasteiger partial charge in [-0.25, -0.2) is 9.78 Å². The number of amides is 2. The zero-order valence-corrected chi connectivity index (χ0v) is 10.8. The van der Waals surface area contributed by atoms with E-state index in [-0.39, 0.29) is 6.42 Å². The summed E-state index contributed by atoms with van der Waals surface area (Å²) in [4.78, 5) is 53.3. The monoisotopic (exact) mass is 295 g/mol. The van der Waals surface area contributed by atoms with Gasteiger partial charge in [-0.2, -0.15) is 4.99 Å². The molecule has 0 fully saturated rings. The number of H-pyrrole nitrogens is 1. The van der Waals surface area contributed by atoms with Crippen molar-refractivity contribution >= 4 is 23.9 Å². The van der Waals surface area contributed by atoms with Gasteiger partial charge in [0.1, 0.15) is 19.1 Å². The molecule has 112 valence electrons. The lowest BCUT2D eigenvalue weighted by molar-refractivity contribution is -0.138. The lowest BCUT2D eigenvalue weighted by Gasteiger charge is -2.16. The van der Waals surface area contributed by atoms with E-state index in [0.29, 0.717) is 5.69 Å². The van der Waals surface area contributed by atoms with Crippen molar-refractivity contribution in [1.82, 2.24) is 20.6 Å². The lowest BCUT2D eigenvalue weighted by Crippen LogP contribution is -2.49. The Morgan fingerprint density at radius 2 is 2.24 bits per heavy atom. The van der Waals surface area contributed by atoms with E-state index in [1.54, 1.807) is 0 Å². The van der Waals surface area contributed by atoms with Gasteiger partial charge in [-0.15, -0.1) is 0 Å². The second-order valence-electron chi connectivity index (χ2n) is 3.92. The first kappa shape index (κ1) is 16.1. The Morgan fingerprint density at radius 3 is 2.81 bits per heavy atom. The van der Waals surface area contributed by atoms with E-state index in [4.69, 9.17) is 5.11 Å². The average molecular weight is 295 g/mol. The molecular weight excluding hydrogens is 282 g/mol. The first-order valence-electron chi connectivity index (χ1n) is 5.82. The summed E-state index contributed by atoms with van der Waals surface area (Å²) in [6.07, 6.45) is 4.16. The fraction of sp³-hybridized carbons (Fsp3) is 0.364. The summed E-state index contributed by atoms with van der Waals surface area (Å²) >= 11 is 0. The van der Waals surface area contributed by atoms with E-state index in [0.717, 1.165) is 0 Å². The number of carbonyl (C=O) groups is 3. The topological polar surface area (TPSA) is 154 Å². The molecule has 0 radical (unpaired) electrons. The van der Waals surface area contributed by atoms with E-state index in [9.17, 15) is 19.2 Å². The van der Waals surface area contributed by atoms with Gasteiger partial charge in [0, 0.05) is 18.3 Å². The van der Waals surface area contributed by atoms with Crippen LogP contribution >= 0.6 is 0 Å². The Morgan fingerprint density at radius 1 is 1.48 bits per heavy atom. The minimum Gasteiger partial charge on any atom is -0.480 e. The van der Waals surface area contributed by atoms with Crippen molar-refractivity contribution in [1.29, 1.82) is 0 Å². The number of aromatic nitrogens is 2. The minimum absolute atomic E-state index is 0.0853. The number of aliphatic imine (C=N–C) groups is 1. The molecule has 0 spiro atoms. The molecule has 1 aromatic heterocycles. The van der Waals surface area contributed by atoms with E-state index in [1.807, 2.05) is 0 Å². The maximum Gasteiger partial charge on any atom is 0.322 e. The predicted octanol–water partition coefficient (Wildman–Crippen LogP) is -2.03. The number of carbonyl (C=O) groups excluding carboxylic acids is 3. The zero-order valence-electron chi connectivity index (χ0n) is 10.8. The first-order chi connectivity index (χ1) is 10.0. The number of aromatic amines is 1. The molecule has 10 heteroatoms. The van der Waals surface area contributed by atoms with Crippen molar-refractivity contribution in [3.05, 3.63) is 18.2 Å². The van der Waals surface area contributed by atoms with Gasteiger partial charge in [-0.1, -0.05) is 0 Å². The number of hydrogen-bond donors (Lipinski definition) is 4. The van der Waals surface area contributed by atoms with E-state index in [1.165, 1.54) is 18.6 Å². The molecule has 4 N–H and O–H groups in total. The standard InChI is InChI=1S/C11H13N5O5/c17-6-13-3-9(18)16-8(1-7-2-12-5-15-7)11(21)14-4-10(19)20/h2,5,8H,1,3-4H2,(H,12,15)(H,14,21)(H,16,18)(H,19,20). The second-order valence-corrected chi connectivity index (χ2v) is 3.92. The average Bonchev–Trinajstić information content (AvgIpc) is 2.94. The number of nitrogens with zero attached hydrogens (tertiary/aromatic N) is 2. The minimum atomic E-state index is -1.21. The predicted molar refractivity (Wildman–Crippen MR) is 67.9 cm³/mol. The lowest BCUT2D eigenvalue weighted by atomic mass is 10.1. The number of carboxylic acid groups (broad SMARTS) is 1. The molecule has 0 aliphatic rings. The number of imidazole rings is 1. The molecule has 0 aromatic carbocycles. The summed E-state index contributed by atoms with van der Waals surface area (Å²) in [5.41, 5.74) is 0.574. The van der Waals surface area contributed by atoms with Crippen LogP contribution in [0, 0.1) is 0 Å². The third-order valence-corrected chi connectivity index (χ3v) is 2.33. The Balaban J connectivity index is 2.68. The van der Waals surface area contributed by atoms with Gasteiger partial charge in [0.2, 0.25) is 17.9 Å². The molecule has 0 aliphatic heterocycles. The van der Waals surface area contributed by atoms with Crippen LogP contribution in [-0.2, 0) is 25.6 Å². The number of nitrogens with one attached hydrogen (secondary N) is 3. The van der Waals surface area contributed by atoms with Crippen molar-refractivity contribution in [2.24, 2.45) is 4.99 Å². The Kier molecular flexibility index (Phi) is 6.29. The third-order valence-electron chi connectivity index (χ3n) is 2.33. The smallest absolute Gasteiger partial charge is 0.322 e. The normalized spacial score (nSPS) is 11.0. The molecule has 1 unspecified atom stereocenters. The zero-order chi connectivity index (χ0) is 15.7. The summed E-state index contributed by atoms with van der Waals surface area (Å²) < 4.78 is 0. The van der Waals surface area contributed by atoms with E-state index in [2.05, 4.69) is 25.6 Å². The van der Waals surface area contributed by atoms with Crippen LogP contribution in [-0.4, -0.2) is 58.1 Å². The summed E-state index contributed by atoms with van der Waals surface area (Å²) in [5.74, 6) is -2.54. The van der Waals surface area contributed by atoms with Crippen molar-refractivity contribution in [2.45, 2.75) is 12.5 Å². The summed E-state index contributed by atoms with van der Waals surface area (Å²) in [6.45, 7) is -1.03. The molecule has 10 nitrogen and oxygen atoms in total. The van der Waals surface area contributed by atoms with E-state index < -0.39 is 36.9 Å². The van der Waals surface area contributed by atoms with Gasteiger partial charge in [0.05, 0.1) is 6.33 Å². The highest BCUT2D eigenvalue weighted by atomic mass is 16.4. The third kappa shape index (κ3) is 6.12. The van der Waals surface area contributed by atoms with Crippen LogP contribution in [0.3, 0.4) is 0 Å². The fourth-order valence-corrected chi connectivity index (χ4v) is 1.46. The van der Waals surface area contributed by atoms with Gasteiger partial charge < -0.3 is 20.7 Å². The van der Waals surface area contributed by atoms with Gasteiger partial charge in [-0.3, -0.25) is 14.4 Å². The number of aliphatic carboxylic acids is 1. The number of hydrogen-bond acceptors (Lipinski definition) is 6. The van der Waals surface area contributed by atoms with Gasteiger partial charge in [0.25, 0.3) is 0 Å². The van der Waals surface area contributed by atoms with E-state index >= 15 is 0 Å². The molecule has 0 aliphatic carbocycles. The highest BCUT2D eigenvalue weighted by Crippen LogP contribution is 1.99. The maximum absolute atomic E-state index is 11.9. The molecule has 1 atom stereocenters. The number of carboxylic acids is 1.